The molecule has 5 nitrogen and oxygen atoms in total. The number of rotatable bonds is 6. The lowest BCUT2D eigenvalue weighted by Crippen LogP contribution is -2.50. The Balaban J connectivity index is 1.42. The number of aliphatic hydroxyl groups excluding tert-OH is 1. The van der Waals surface area contributed by atoms with E-state index in [9.17, 15) is 14.7 Å². The lowest BCUT2D eigenvalue weighted by Gasteiger charge is -2.22. The van der Waals surface area contributed by atoms with Crippen LogP contribution in [0.25, 0.3) is 6.08 Å². The molecule has 0 spiro atoms. The highest BCUT2D eigenvalue weighted by Gasteiger charge is 2.44. The minimum absolute atomic E-state index is 0.0334. The number of carbonyl (C=O) groups excluding carboxylic acids is 2. The van der Waals surface area contributed by atoms with Crippen LogP contribution in [0.4, 0.5) is 0 Å². The van der Waals surface area contributed by atoms with E-state index in [0.717, 1.165) is 12.0 Å². The molecule has 138 valence electrons. The van der Waals surface area contributed by atoms with Gasteiger partial charge in [-0.2, -0.15) is 0 Å². The smallest absolute Gasteiger partial charge is 0.165 e. The monoisotopic (exact) mass is 390 g/mol. The van der Waals surface area contributed by atoms with E-state index in [2.05, 4.69) is 28.8 Å². The first-order valence-corrected chi connectivity index (χ1v) is 10.9. The van der Waals surface area contributed by atoms with E-state index >= 15 is 0 Å². The SMILES string of the molecule is O=C(CC1=Cc2ccccc2C1)C1SCN[C@@H]1C(=O)C1SCN[C@@H]1CO. The van der Waals surface area contributed by atoms with Gasteiger partial charge in [0.05, 0.1) is 23.1 Å². The van der Waals surface area contributed by atoms with Gasteiger partial charge < -0.3 is 10.4 Å². The molecule has 1 aromatic carbocycles. The van der Waals surface area contributed by atoms with E-state index in [0.29, 0.717) is 18.2 Å². The molecule has 0 aromatic heterocycles. The van der Waals surface area contributed by atoms with Crippen molar-refractivity contribution in [2.75, 3.05) is 18.4 Å². The average Bonchev–Trinajstić information content (AvgIpc) is 3.38. The Morgan fingerprint density at radius 3 is 2.69 bits per heavy atom. The predicted octanol–water partition coefficient (Wildman–Crippen LogP) is 1.21. The topological polar surface area (TPSA) is 78.4 Å². The van der Waals surface area contributed by atoms with Gasteiger partial charge in [-0.1, -0.05) is 35.9 Å². The number of fused-ring (bicyclic) bond motifs is 1. The van der Waals surface area contributed by atoms with Gasteiger partial charge in [-0.3, -0.25) is 14.9 Å². The van der Waals surface area contributed by atoms with Crippen LogP contribution in [0.3, 0.4) is 0 Å². The molecule has 26 heavy (non-hydrogen) atoms. The molecule has 1 aromatic rings. The van der Waals surface area contributed by atoms with Crippen molar-refractivity contribution < 1.29 is 14.7 Å². The number of aliphatic hydroxyl groups is 1. The van der Waals surface area contributed by atoms with Gasteiger partial charge in [0, 0.05) is 24.2 Å². The Hall–Kier alpha value is -1.12. The maximum Gasteiger partial charge on any atom is 0.165 e. The number of carbonyl (C=O) groups is 2. The fourth-order valence-electron chi connectivity index (χ4n) is 3.83. The van der Waals surface area contributed by atoms with Crippen LogP contribution < -0.4 is 10.6 Å². The molecule has 4 atom stereocenters. The molecular weight excluding hydrogens is 368 g/mol. The van der Waals surface area contributed by atoms with E-state index in [1.165, 1.54) is 34.7 Å². The van der Waals surface area contributed by atoms with Crippen molar-refractivity contribution >= 4 is 41.2 Å². The van der Waals surface area contributed by atoms with Crippen molar-refractivity contribution in [3.05, 3.63) is 41.0 Å². The normalized spacial score (nSPS) is 30.3. The number of allylic oxidation sites excluding steroid dienone is 1. The standard InChI is InChI=1S/C19H22N2O3S2/c22-8-14-18(25-9-20-14)17(24)16-19(26-10-21-16)15(23)7-11-5-12-3-1-2-4-13(12)6-11/h1-5,14,16,18-22H,6-10H2/t14-,16-,18?,19?/m1/s1. The molecule has 3 N–H and O–H groups in total. The second-order valence-electron chi connectivity index (χ2n) is 6.86. The molecule has 0 saturated carbocycles. The molecule has 2 aliphatic heterocycles. The van der Waals surface area contributed by atoms with E-state index in [1.54, 1.807) is 0 Å². The summed E-state index contributed by atoms with van der Waals surface area (Å²) in [6, 6.07) is 7.53. The zero-order chi connectivity index (χ0) is 18.1. The quantitative estimate of drug-likeness (QED) is 0.674. The third-order valence-corrected chi connectivity index (χ3v) is 7.66. The first-order chi connectivity index (χ1) is 12.7. The lowest BCUT2D eigenvalue weighted by atomic mass is 9.96. The molecule has 4 rings (SSSR count). The Kier molecular flexibility index (Phi) is 5.52. The van der Waals surface area contributed by atoms with Gasteiger partial charge in [0.15, 0.2) is 11.6 Å². The molecule has 7 heteroatoms. The summed E-state index contributed by atoms with van der Waals surface area (Å²) in [5.74, 6) is 1.42. The van der Waals surface area contributed by atoms with Crippen LogP contribution in [0.2, 0.25) is 0 Å². The summed E-state index contributed by atoms with van der Waals surface area (Å²) in [7, 11) is 0. The van der Waals surface area contributed by atoms with Gasteiger partial charge in [0.25, 0.3) is 0 Å². The van der Waals surface area contributed by atoms with Gasteiger partial charge in [-0.15, -0.1) is 23.5 Å². The number of ketones is 2. The van der Waals surface area contributed by atoms with Gasteiger partial charge in [-0.05, 0) is 17.5 Å². The predicted molar refractivity (Wildman–Crippen MR) is 106 cm³/mol. The van der Waals surface area contributed by atoms with E-state index in [4.69, 9.17) is 0 Å². The van der Waals surface area contributed by atoms with E-state index in [-0.39, 0.29) is 34.7 Å². The van der Waals surface area contributed by atoms with Crippen LogP contribution in [0, 0.1) is 0 Å². The van der Waals surface area contributed by atoms with Gasteiger partial charge in [0.1, 0.15) is 0 Å². The zero-order valence-electron chi connectivity index (χ0n) is 14.3. The number of Topliss-reactive ketones (excluding diaryl/α,β-unsaturated/α-hetero) is 2. The summed E-state index contributed by atoms with van der Waals surface area (Å²) in [4.78, 5) is 25.8. The van der Waals surface area contributed by atoms with Crippen molar-refractivity contribution in [2.24, 2.45) is 0 Å². The molecule has 2 unspecified atom stereocenters. The van der Waals surface area contributed by atoms with Gasteiger partial charge in [-0.25, -0.2) is 0 Å². The third kappa shape index (κ3) is 3.51. The van der Waals surface area contributed by atoms with Crippen LogP contribution in [0.1, 0.15) is 17.5 Å². The number of benzene rings is 1. The first-order valence-electron chi connectivity index (χ1n) is 8.82. The zero-order valence-corrected chi connectivity index (χ0v) is 15.9. The molecule has 0 radical (unpaired) electrons. The third-order valence-electron chi connectivity index (χ3n) is 5.18. The Morgan fingerprint density at radius 1 is 1.12 bits per heavy atom. The fourth-order valence-corrected chi connectivity index (χ4v) is 6.20. The summed E-state index contributed by atoms with van der Waals surface area (Å²) in [5.41, 5.74) is 3.58. The highest BCUT2D eigenvalue weighted by atomic mass is 32.2. The summed E-state index contributed by atoms with van der Waals surface area (Å²) in [6.07, 6.45) is 3.33. The summed E-state index contributed by atoms with van der Waals surface area (Å²) < 4.78 is 0. The molecule has 0 amide bonds. The van der Waals surface area contributed by atoms with Crippen molar-refractivity contribution in [3.8, 4) is 0 Å². The molecule has 2 fully saturated rings. The van der Waals surface area contributed by atoms with E-state index in [1.807, 2.05) is 12.1 Å². The summed E-state index contributed by atoms with van der Waals surface area (Å²) in [6.45, 7) is -0.0625. The van der Waals surface area contributed by atoms with Crippen LogP contribution in [-0.4, -0.2) is 57.6 Å². The second-order valence-corrected chi connectivity index (χ2v) is 9.12. The molecular formula is C19H22N2O3S2. The van der Waals surface area contributed by atoms with Crippen LogP contribution in [0.5, 0.6) is 0 Å². The molecule has 2 heterocycles. The minimum Gasteiger partial charge on any atom is -0.395 e. The number of thioether (sulfide) groups is 2. The van der Waals surface area contributed by atoms with E-state index < -0.39 is 6.04 Å². The fraction of sp³-hybridized carbons (Fsp3) is 0.474. The Labute approximate surface area is 161 Å². The largest absolute Gasteiger partial charge is 0.395 e. The highest BCUT2D eigenvalue weighted by Crippen LogP contribution is 2.32. The van der Waals surface area contributed by atoms with Gasteiger partial charge in [0.2, 0.25) is 0 Å². The summed E-state index contributed by atoms with van der Waals surface area (Å²) in [5, 5.41) is 15.2. The molecule has 2 saturated heterocycles. The molecule has 3 aliphatic rings. The van der Waals surface area contributed by atoms with Crippen molar-refractivity contribution in [2.45, 2.75) is 35.4 Å². The van der Waals surface area contributed by atoms with Crippen LogP contribution in [0.15, 0.2) is 29.8 Å². The number of hydrogen-bond donors (Lipinski definition) is 3. The number of nitrogens with one attached hydrogen (secondary N) is 2. The second kappa shape index (κ2) is 7.86. The Morgan fingerprint density at radius 2 is 1.88 bits per heavy atom. The molecule has 0 bridgehead atoms. The first kappa shape index (κ1) is 18.3. The maximum absolute atomic E-state index is 12.9. The van der Waals surface area contributed by atoms with Crippen molar-refractivity contribution in [1.82, 2.24) is 10.6 Å². The van der Waals surface area contributed by atoms with Crippen LogP contribution in [-0.2, 0) is 16.0 Å². The van der Waals surface area contributed by atoms with Crippen molar-refractivity contribution in [3.63, 3.8) is 0 Å². The maximum atomic E-state index is 12.9. The lowest BCUT2D eigenvalue weighted by molar-refractivity contribution is -0.125. The Bertz CT molecular complexity index is 752. The summed E-state index contributed by atoms with van der Waals surface area (Å²) >= 11 is 3.04. The highest BCUT2D eigenvalue weighted by molar-refractivity contribution is 8.01. The average molecular weight is 391 g/mol. The van der Waals surface area contributed by atoms with Crippen LogP contribution >= 0.6 is 23.5 Å². The van der Waals surface area contributed by atoms with Gasteiger partial charge >= 0.3 is 0 Å². The van der Waals surface area contributed by atoms with Crippen molar-refractivity contribution in [1.29, 1.82) is 0 Å². The molecule has 1 aliphatic carbocycles. The minimum atomic E-state index is -0.455. The number of hydrogen-bond acceptors (Lipinski definition) is 7.